The van der Waals surface area contributed by atoms with E-state index >= 15 is 0 Å². The number of aromatic nitrogens is 1. The smallest absolute Gasteiger partial charge is 0.228 e. The second-order valence-corrected chi connectivity index (χ2v) is 6.34. The third kappa shape index (κ3) is 3.35. The van der Waals surface area contributed by atoms with Gasteiger partial charge in [-0.1, -0.05) is 23.2 Å². The summed E-state index contributed by atoms with van der Waals surface area (Å²) >= 11 is 12.2. The van der Waals surface area contributed by atoms with Crippen LogP contribution in [0.4, 0.5) is 5.69 Å². The second-order valence-electron chi connectivity index (χ2n) is 5.49. The minimum absolute atomic E-state index is 0.125. The molecule has 6 heteroatoms. The van der Waals surface area contributed by atoms with Crippen LogP contribution < -0.4 is 10.1 Å². The fourth-order valence-corrected chi connectivity index (χ4v) is 3.12. The Bertz CT molecular complexity index is 919. The van der Waals surface area contributed by atoms with Crippen LogP contribution in [0.3, 0.4) is 0 Å². The quantitative estimate of drug-likeness (QED) is 0.687. The average molecular weight is 363 g/mol. The summed E-state index contributed by atoms with van der Waals surface area (Å²) in [6, 6.07) is 10.7. The van der Waals surface area contributed by atoms with E-state index in [-0.39, 0.29) is 12.3 Å². The molecule has 0 atom stereocenters. The van der Waals surface area contributed by atoms with E-state index in [1.165, 1.54) is 0 Å². The van der Waals surface area contributed by atoms with Crippen molar-refractivity contribution in [3.05, 3.63) is 57.7 Å². The molecule has 3 rings (SSSR count). The van der Waals surface area contributed by atoms with Crippen LogP contribution in [-0.4, -0.2) is 18.0 Å². The molecule has 0 aliphatic heterocycles. The van der Waals surface area contributed by atoms with Crippen LogP contribution in [0.5, 0.6) is 5.75 Å². The lowest BCUT2D eigenvalue weighted by atomic mass is 10.1. The number of carbonyl (C=O) groups excluding carboxylic acids is 1. The lowest BCUT2D eigenvalue weighted by Crippen LogP contribution is -2.14. The van der Waals surface area contributed by atoms with Crippen molar-refractivity contribution < 1.29 is 9.53 Å². The van der Waals surface area contributed by atoms with Gasteiger partial charge in [-0.3, -0.25) is 4.79 Å². The molecule has 0 unspecified atom stereocenters. The van der Waals surface area contributed by atoms with Gasteiger partial charge in [0, 0.05) is 27.3 Å². The molecule has 2 N–H and O–H groups in total. The highest BCUT2D eigenvalue weighted by Crippen LogP contribution is 2.28. The van der Waals surface area contributed by atoms with Crippen molar-refractivity contribution in [2.75, 3.05) is 12.4 Å². The molecule has 124 valence electrons. The summed E-state index contributed by atoms with van der Waals surface area (Å²) in [5, 5.41) is 4.91. The van der Waals surface area contributed by atoms with E-state index in [2.05, 4.69) is 10.3 Å². The number of ether oxygens (including phenoxy) is 1. The fourth-order valence-electron chi connectivity index (χ4n) is 2.69. The maximum Gasteiger partial charge on any atom is 0.228 e. The Hall–Kier alpha value is -2.17. The molecule has 3 aromatic rings. The lowest BCUT2D eigenvalue weighted by Gasteiger charge is -2.08. The molecular weight excluding hydrogens is 347 g/mol. The Morgan fingerprint density at radius 1 is 1.21 bits per heavy atom. The summed E-state index contributed by atoms with van der Waals surface area (Å²) < 4.78 is 5.10. The Kier molecular flexibility index (Phi) is 4.69. The maximum atomic E-state index is 12.4. The first-order chi connectivity index (χ1) is 11.5. The average Bonchev–Trinajstić information content (AvgIpc) is 2.83. The molecule has 0 spiro atoms. The SMILES string of the molecule is COc1ccc(NC(=O)Cc2c(C)[nH]c3ccc(Cl)cc23)cc1Cl. The highest BCUT2D eigenvalue weighted by atomic mass is 35.5. The molecule has 24 heavy (non-hydrogen) atoms. The predicted octanol–water partition coefficient (Wildman–Crippen LogP) is 4.97. The molecular formula is C18H16Cl2N2O2. The number of anilines is 1. The molecule has 0 bridgehead atoms. The van der Waals surface area contributed by atoms with E-state index < -0.39 is 0 Å². The van der Waals surface area contributed by atoms with Gasteiger partial charge in [0.05, 0.1) is 18.6 Å². The Morgan fingerprint density at radius 2 is 2.00 bits per heavy atom. The molecule has 0 saturated carbocycles. The molecule has 2 aromatic carbocycles. The number of H-pyrrole nitrogens is 1. The molecule has 1 amide bonds. The van der Waals surface area contributed by atoms with E-state index in [0.29, 0.717) is 21.5 Å². The summed E-state index contributed by atoms with van der Waals surface area (Å²) in [6.07, 6.45) is 0.246. The number of carbonyl (C=O) groups is 1. The molecule has 0 aliphatic carbocycles. The monoisotopic (exact) mass is 362 g/mol. The van der Waals surface area contributed by atoms with Gasteiger partial charge in [-0.05, 0) is 48.9 Å². The van der Waals surface area contributed by atoms with Gasteiger partial charge in [0.15, 0.2) is 0 Å². The van der Waals surface area contributed by atoms with Crippen LogP contribution in [0, 0.1) is 6.92 Å². The Labute approximate surface area is 149 Å². The summed E-state index contributed by atoms with van der Waals surface area (Å²) in [5.41, 5.74) is 3.48. The first-order valence-corrected chi connectivity index (χ1v) is 8.13. The Balaban J connectivity index is 1.81. The maximum absolute atomic E-state index is 12.4. The van der Waals surface area contributed by atoms with Crippen LogP contribution in [0.15, 0.2) is 36.4 Å². The van der Waals surface area contributed by atoms with E-state index in [1.807, 2.05) is 25.1 Å². The number of methoxy groups -OCH3 is 1. The van der Waals surface area contributed by atoms with Crippen molar-refractivity contribution in [2.45, 2.75) is 13.3 Å². The highest BCUT2D eigenvalue weighted by molar-refractivity contribution is 6.32. The van der Waals surface area contributed by atoms with E-state index in [4.69, 9.17) is 27.9 Å². The molecule has 4 nitrogen and oxygen atoms in total. The largest absolute Gasteiger partial charge is 0.495 e. The van der Waals surface area contributed by atoms with E-state index in [9.17, 15) is 4.79 Å². The zero-order valence-corrected chi connectivity index (χ0v) is 14.8. The molecule has 0 radical (unpaired) electrons. The van der Waals surface area contributed by atoms with E-state index in [1.54, 1.807) is 25.3 Å². The second kappa shape index (κ2) is 6.75. The number of aryl methyl sites for hydroxylation is 1. The molecule has 1 aromatic heterocycles. The number of hydrogen-bond donors (Lipinski definition) is 2. The summed E-state index contributed by atoms with van der Waals surface area (Å²) in [4.78, 5) is 15.7. The van der Waals surface area contributed by atoms with Crippen LogP contribution in [-0.2, 0) is 11.2 Å². The van der Waals surface area contributed by atoms with Gasteiger partial charge >= 0.3 is 0 Å². The minimum Gasteiger partial charge on any atom is -0.495 e. The first-order valence-electron chi connectivity index (χ1n) is 7.38. The third-order valence-electron chi connectivity index (χ3n) is 3.85. The van der Waals surface area contributed by atoms with Crippen molar-refractivity contribution in [1.29, 1.82) is 0 Å². The number of rotatable bonds is 4. The van der Waals surface area contributed by atoms with Crippen molar-refractivity contribution in [2.24, 2.45) is 0 Å². The number of fused-ring (bicyclic) bond motifs is 1. The van der Waals surface area contributed by atoms with Crippen molar-refractivity contribution in [3.8, 4) is 5.75 Å². The summed E-state index contributed by atoms with van der Waals surface area (Å²) in [7, 11) is 1.55. The van der Waals surface area contributed by atoms with Crippen molar-refractivity contribution >= 4 is 45.7 Å². The predicted molar refractivity (Wildman–Crippen MR) is 98.4 cm³/mol. The Morgan fingerprint density at radius 3 is 2.71 bits per heavy atom. The zero-order chi connectivity index (χ0) is 17.3. The molecule has 0 aliphatic rings. The summed E-state index contributed by atoms with van der Waals surface area (Å²) in [5.74, 6) is 0.442. The van der Waals surface area contributed by atoms with Crippen LogP contribution in [0.2, 0.25) is 10.0 Å². The number of hydrogen-bond acceptors (Lipinski definition) is 2. The van der Waals surface area contributed by atoms with Crippen LogP contribution in [0.25, 0.3) is 10.9 Å². The number of benzene rings is 2. The van der Waals surface area contributed by atoms with Gasteiger partial charge in [-0.15, -0.1) is 0 Å². The number of nitrogens with one attached hydrogen (secondary N) is 2. The third-order valence-corrected chi connectivity index (χ3v) is 4.38. The van der Waals surface area contributed by atoms with Crippen molar-refractivity contribution in [1.82, 2.24) is 4.98 Å². The van der Waals surface area contributed by atoms with E-state index in [0.717, 1.165) is 22.2 Å². The number of halogens is 2. The van der Waals surface area contributed by atoms with Gasteiger partial charge in [0.2, 0.25) is 5.91 Å². The summed E-state index contributed by atoms with van der Waals surface area (Å²) in [6.45, 7) is 1.95. The van der Waals surface area contributed by atoms with Crippen molar-refractivity contribution in [3.63, 3.8) is 0 Å². The van der Waals surface area contributed by atoms with Crippen LogP contribution in [0.1, 0.15) is 11.3 Å². The fraction of sp³-hybridized carbons (Fsp3) is 0.167. The highest BCUT2D eigenvalue weighted by Gasteiger charge is 2.13. The molecule has 1 heterocycles. The zero-order valence-electron chi connectivity index (χ0n) is 13.2. The van der Waals surface area contributed by atoms with Crippen LogP contribution >= 0.6 is 23.2 Å². The standard InChI is InChI=1S/C18H16Cl2N2O2/c1-10-13(14-7-11(19)3-5-16(14)21-10)9-18(23)22-12-4-6-17(24-2)15(20)8-12/h3-8,21H,9H2,1-2H3,(H,22,23). The first kappa shape index (κ1) is 16.7. The molecule has 0 fully saturated rings. The van der Waals surface area contributed by atoms with Gasteiger partial charge in [0.25, 0.3) is 0 Å². The number of aromatic amines is 1. The minimum atomic E-state index is -0.125. The molecule has 0 saturated heterocycles. The topological polar surface area (TPSA) is 54.1 Å². The van der Waals surface area contributed by atoms with Gasteiger partial charge in [-0.2, -0.15) is 0 Å². The van der Waals surface area contributed by atoms with Gasteiger partial charge < -0.3 is 15.0 Å². The normalized spacial score (nSPS) is 10.8. The number of amides is 1. The van der Waals surface area contributed by atoms with Gasteiger partial charge in [-0.25, -0.2) is 0 Å². The van der Waals surface area contributed by atoms with Gasteiger partial charge in [0.1, 0.15) is 5.75 Å². The lowest BCUT2D eigenvalue weighted by molar-refractivity contribution is -0.115.